The number of carbonyl (C=O) groups excluding carboxylic acids is 2. The molecule has 2 N–H and O–H groups in total. The lowest BCUT2D eigenvalue weighted by Crippen LogP contribution is -2.40. The van der Waals surface area contributed by atoms with E-state index in [9.17, 15) is 9.59 Å². The van der Waals surface area contributed by atoms with Gasteiger partial charge in [-0.25, -0.2) is 0 Å². The molecule has 0 aliphatic carbocycles. The zero-order valence-corrected chi connectivity index (χ0v) is 18.8. The number of aryl methyl sites for hydroxylation is 1. The first-order valence-corrected chi connectivity index (χ1v) is 10.7. The Morgan fingerprint density at radius 3 is 2.55 bits per heavy atom. The lowest BCUT2D eigenvalue weighted by atomic mass is 9.96. The van der Waals surface area contributed by atoms with Crippen LogP contribution in [0.15, 0.2) is 42.5 Å². The van der Waals surface area contributed by atoms with Gasteiger partial charge in [0.05, 0.1) is 12.6 Å². The highest BCUT2D eigenvalue weighted by Gasteiger charge is 2.21. The molecule has 1 heterocycles. The normalized spacial score (nSPS) is 14.0. The number of fused-ring (bicyclic) bond motifs is 1. The summed E-state index contributed by atoms with van der Waals surface area (Å²) in [5.41, 5.74) is 4.28. The molecule has 1 atom stereocenters. The van der Waals surface area contributed by atoms with Gasteiger partial charge in [0.15, 0.2) is 0 Å². The average Bonchev–Trinajstić information content (AvgIpc) is 2.75. The Hall–Kier alpha value is -3.06. The molecule has 1 aliphatic rings. The third-order valence-corrected chi connectivity index (χ3v) is 5.55. The molecule has 0 radical (unpaired) electrons. The molecule has 0 saturated heterocycles. The predicted molar refractivity (Wildman–Crippen MR) is 124 cm³/mol. The summed E-state index contributed by atoms with van der Waals surface area (Å²) in [6.45, 7) is 3.89. The topological polar surface area (TPSA) is 73.9 Å². The van der Waals surface area contributed by atoms with E-state index < -0.39 is 11.8 Å². The Balaban J connectivity index is 1.60. The standard InChI is InChI=1S/C24H32N4O3/c1-5-31-20-11-9-19(10-12-20)26-24(30)23(29)25-16-22(27(2)3)18-8-13-21-17(15-18)7-6-14-28(21)4/h8-13,15,22H,5-7,14,16H2,1-4H3,(H,25,29)(H,26,30)/t22-/m1/s1. The Labute approximate surface area is 184 Å². The van der Waals surface area contributed by atoms with E-state index in [1.807, 2.05) is 21.0 Å². The van der Waals surface area contributed by atoms with E-state index in [2.05, 4.69) is 45.7 Å². The number of hydrogen-bond acceptors (Lipinski definition) is 5. The maximum Gasteiger partial charge on any atom is 0.313 e. The summed E-state index contributed by atoms with van der Waals surface area (Å²) in [6, 6.07) is 13.4. The van der Waals surface area contributed by atoms with Gasteiger partial charge in [0.25, 0.3) is 0 Å². The number of ether oxygens (including phenoxy) is 1. The number of nitrogens with zero attached hydrogens (tertiary/aromatic N) is 2. The van der Waals surface area contributed by atoms with Crippen LogP contribution in [0.2, 0.25) is 0 Å². The van der Waals surface area contributed by atoms with Crippen molar-refractivity contribution in [1.82, 2.24) is 10.2 Å². The Morgan fingerprint density at radius 2 is 1.87 bits per heavy atom. The smallest absolute Gasteiger partial charge is 0.313 e. The lowest BCUT2D eigenvalue weighted by Gasteiger charge is -2.30. The highest BCUT2D eigenvalue weighted by atomic mass is 16.5. The van der Waals surface area contributed by atoms with Crippen LogP contribution in [0.25, 0.3) is 0 Å². The second kappa shape index (κ2) is 10.3. The summed E-state index contributed by atoms with van der Waals surface area (Å²) >= 11 is 0. The van der Waals surface area contributed by atoms with E-state index in [0.717, 1.165) is 30.7 Å². The van der Waals surface area contributed by atoms with Crippen LogP contribution in [0.5, 0.6) is 5.75 Å². The van der Waals surface area contributed by atoms with Gasteiger partial charge in [-0.1, -0.05) is 12.1 Å². The molecule has 0 spiro atoms. The zero-order chi connectivity index (χ0) is 22.4. The van der Waals surface area contributed by atoms with Crippen molar-refractivity contribution < 1.29 is 14.3 Å². The van der Waals surface area contributed by atoms with Crippen molar-refractivity contribution in [2.75, 3.05) is 51.1 Å². The van der Waals surface area contributed by atoms with Gasteiger partial charge in [-0.3, -0.25) is 9.59 Å². The van der Waals surface area contributed by atoms with E-state index >= 15 is 0 Å². The molecular weight excluding hydrogens is 392 g/mol. The van der Waals surface area contributed by atoms with Gasteiger partial charge >= 0.3 is 11.8 Å². The first-order chi connectivity index (χ1) is 14.9. The third-order valence-electron chi connectivity index (χ3n) is 5.55. The van der Waals surface area contributed by atoms with Crippen LogP contribution in [0.3, 0.4) is 0 Å². The van der Waals surface area contributed by atoms with Gasteiger partial charge in [0.2, 0.25) is 0 Å². The molecule has 0 aromatic heterocycles. The summed E-state index contributed by atoms with van der Waals surface area (Å²) in [5, 5.41) is 5.40. The van der Waals surface area contributed by atoms with Crippen molar-refractivity contribution in [2.24, 2.45) is 0 Å². The Morgan fingerprint density at radius 1 is 1.13 bits per heavy atom. The molecule has 166 valence electrons. The summed E-state index contributed by atoms with van der Waals surface area (Å²) in [5.74, 6) is -0.623. The zero-order valence-electron chi connectivity index (χ0n) is 18.8. The molecule has 0 bridgehead atoms. The van der Waals surface area contributed by atoms with Gasteiger partial charge in [0, 0.05) is 31.5 Å². The number of amides is 2. The first-order valence-electron chi connectivity index (χ1n) is 10.7. The van der Waals surface area contributed by atoms with Crippen molar-refractivity contribution >= 4 is 23.2 Å². The molecule has 7 heteroatoms. The van der Waals surface area contributed by atoms with Crippen LogP contribution in [-0.4, -0.2) is 57.6 Å². The number of likely N-dealkylation sites (N-methyl/N-ethyl adjacent to an activating group) is 1. The molecule has 0 unspecified atom stereocenters. The summed E-state index contributed by atoms with van der Waals surface area (Å²) in [6.07, 6.45) is 2.20. The van der Waals surface area contributed by atoms with Crippen LogP contribution in [-0.2, 0) is 16.0 Å². The second-order valence-corrected chi connectivity index (χ2v) is 8.01. The average molecular weight is 425 g/mol. The van der Waals surface area contributed by atoms with Crippen molar-refractivity contribution in [3.63, 3.8) is 0 Å². The molecule has 2 aromatic carbocycles. The number of nitrogens with one attached hydrogen (secondary N) is 2. The highest BCUT2D eigenvalue weighted by Crippen LogP contribution is 2.29. The van der Waals surface area contributed by atoms with Gasteiger partial charge in [-0.05, 0) is 75.3 Å². The highest BCUT2D eigenvalue weighted by molar-refractivity contribution is 6.39. The molecule has 0 fully saturated rings. The number of rotatable bonds is 7. The van der Waals surface area contributed by atoms with Crippen LogP contribution in [0, 0.1) is 0 Å². The fourth-order valence-electron chi connectivity index (χ4n) is 3.87. The minimum atomic E-state index is -0.686. The van der Waals surface area contributed by atoms with E-state index in [1.54, 1.807) is 24.3 Å². The van der Waals surface area contributed by atoms with E-state index in [0.29, 0.717) is 18.8 Å². The largest absolute Gasteiger partial charge is 0.494 e. The number of benzene rings is 2. The first kappa shape index (κ1) is 22.6. The van der Waals surface area contributed by atoms with Gasteiger partial charge in [0.1, 0.15) is 5.75 Å². The third kappa shape index (κ3) is 5.76. The summed E-state index contributed by atoms with van der Waals surface area (Å²) in [7, 11) is 6.06. The van der Waals surface area contributed by atoms with Gasteiger partial charge in [-0.2, -0.15) is 0 Å². The molecule has 0 saturated carbocycles. The maximum atomic E-state index is 12.4. The van der Waals surface area contributed by atoms with Crippen molar-refractivity contribution in [3.05, 3.63) is 53.6 Å². The number of anilines is 2. The minimum absolute atomic E-state index is 0.0280. The van der Waals surface area contributed by atoms with E-state index in [4.69, 9.17) is 4.74 Å². The van der Waals surface area contributed by atoms with Crippen LogP contribution in [0.4, 0.5) is 11.4 Å². The molecule has 2 amide bonds. The second-order valence-electron chi connectivity index (χ2n) is 8.01. The monoisotopic (exact) mass is 424 g/mol. The van der Waals surface area contributed by atoms with Crippen molar-refractivity contribution in [1.29, 1.82) is 0 Å². The molecular formula is C24H32N4O3. The summed E-state index contributed by atoms with van der Waals surface area (Å²) in [4.78, 5) is 29.0. The molecule has 3 rings (SSSR count). The van der Waals surface area contributed by atoms with Crippen LogP contribution >= 0.6 is 0 Å². The predicted octanol–water partition coefficient (Wildman–Crippen LogP) is 2.83. The fraction of sp³-hybridized carbons (Fsp3) is 0.417. The summed E-state index contributed by atoms with van der Waals surface area (Å²) < 4.78 is 5.38. The molecule has 1 aliphatic heterocycles. The van der Waals surface area contributed by atoms with Gasteiger partial charge in [-0.15, -0.1) is 0 Å². The number of carbonyl (C=O) groups is 2. The molecule has 2 aromatic rings. The van der Waals surface area contributed by atoms with Crippen molar-refractivity contribution in [2.45, 2.75) is 25.8 Å². The van der Waals surface area contributed by atoms with Gasteiger partial charge < -0.3 is 25.2 Å². The van der Waals surface area contributed by atoms with E-state index in [1.165, 1.54) is 11.3 Å². The van der Waals surface area contributed by atoms with E-state index in [-0.39, 0.29) is 6.04 Å². The van der Waals surface area contributed by atoms with Crippen molar-refractivity contribution in [3.8, 4) is 5.75 Å². The maximum absolute atomic E-state index is 12.4. The Bertz CT molecular complexity index is 912. The SMILES string of the molecule is CCOc1ccc(NC(=O)C(=O)NC[C@H](c2ccc3c(c2)CCCN3C)N(C)C)cc1. The number of hydrogen-bond donors (Lipinski definition) is 2. The minimum Gasteiger partial charge on any atom is -0.494 e. The lowest BCUT2D eigenvalue weighted by molar-refractivity contribution is -0.136. The Kier molecular flexibility index (Phi) is 7.52. The quantitative estimate of drug-likeness (QED) is 0.669. The van der Waals surface area contributed by atoms with Crippen LogP contribution < -0.4 is 20.3 Å². The fourth-order valence-corrected chi connectivity index (χ4v) is 3.87. The van der Waals surface area contributed by atoms with Crippen LogP contribution in [0.1, 0.15) is 30.5 Å². The molecule has 7 nitrogen and oxygen atoms in total. The molecule has 31 heavy (non-hydrogen) atoms.